The Kier molecular flexibility index (Phi) is 4.02. The molecular weight excluding hydrogens is 289 g/mol. The second-order valence-electron chi connectivity index (χ2n) is 4.38. The summed E-state index contributed by atoms with van der Waals surface area (Å²) in [5.41, 5.74) is -0.606. The first-order valence-electron chi connectivity index (χ1n) is 5.93. The van der Waals surface area contributed by atoms with Crippen molar-refractivity contribution >= 4 is 40.8 Å². The number of esters is 1. The number of benzene rings is 1. The van der Waals surface area contributed by atoms with Gasteiger partial charge in [0, 0.05) is 5.02 Å². The molecule has 1 aromatic carbocycles. The van der Waals surface area contributed by atoms with Gasteiger partial charge in [-0.2, -0.15) is 0 Å². The molecule has 1 N–H and O–H groups in total. The molecule has 1 fully saturated rings. The first-order chi connectivity index (χ1) is 8.99. The van der Waals surface area contributed by atoms with Gasteiger partial charge in [0.15, 0.2) is 0 Å². The van der Waals surface area contributed by atoms with E-state index >= 15 is 0 Å². The molecule has 0 bridgehead atoms. The molecule has 0 heterocycles. The SMILES string of the molecule is CCOC(=O)C1(C(=O)Nc2ccc(Cl)cc2Cl)CC1. The van der Waals surface area contributed by atoms with Gasteiger partial charge in [-0.05, 0) is 38.0 Å². The van der Waals surface area contributed by atoms with E-state index in [1.54, 1.807) is 19.1 Å². The summed E-state index contributed by atoms with van der Waals surface area (Å²) in [6.45, 7) is 1.97. The van der Waals surface area contributed by atoms with Gasteiger partial charge in [0.05, 0.1) is 17.3 Å². The molecule has 4 nitrogen and oxygen atoms in total. The fourth-order valence-electron chi connectivity index (χ4n) is 1.75. The lowest BCUT2D eigenvalue weighted by atomic mass is 10.1. The molecule has 1 amide bonds. The van der Waals surface area contributed by atoms with Gasteiger partial charge >= 0.3 is 5.97 Å². The van der Waals surface area contributed by atoms with E-state index in [4.69, 9.17) is 27.9 Å². The molecule has 0 unspecified atom stereocenters. The van der Waals surface area contributed by atoms with Gasteiger partial charge in [-0.15, -0.1) is 0 Å². The van der Waals surface area contributed by atoms with Crippen LogP contribution in [0, 0.1) is 5.41 Å². The molecule has 0 spiro atoms. The van der Waals surface area contributed by atoms with Crippen molar-refractivity contribution in [3.8, 4) is 0 Å². The molecule has 1 aliphatic carbocycles. The molecular formula is C13H13Cl2NO3. The van der Waals surface area contributed by atoms with Crippen LogP contribution in [-0.2, 0) is 14.3 Å². The second-order valence-corrected chi connectivity index (χ2v) is 5.22. The highest BCUT2D eigenvalue weighted by Gasteiger charge is 2.58. The highest BCUT2D eigenvalue weighted by molar-refractivity contribution is 6.36. The predicted octanol–water partition coefficient (Wildman–Crippen LogP) is 3.28. The number of carbonyl (C=O) groups excluding carboxylic acids is 2. The number of ether oxygens (including phenoxy) is 1. The fraction of sp³-hybridized carbons (Fsp3) is 0.385. The number of rotatable bonds is 4. The van der Waals surface area contributed by atoms with Crippen LogP contribution in [0.2, 0.25) is 10.0 Å². The van der Waals surface area contributed by atoms with Crippen molar-refractivity contribution in [2.24, 2.45) is 5.41 Å². The average molecular weight is 302 g/mol. The third kappa shape index (κ3) is 2.85. The number of halogens is 2. The van der Waals surface area contributed by atoms with Crippen molar-refractivity contribution in [3.05, 3.63) is 28.2 Å². The van der Waals surface area contributed by atoms with Crippen LogP contribution in [0.5, 0.6) is 0 Å². The third-order valence-electron chi connectivity index (χ3n) is 3.03. The van der Waals surface area contributed by atoms with E-state index in [1.165, 1.54) is 6.07 Å². The van der Waals surface area contributed by atoms with E-state index < -0.39 is 11.4 Å². The monoisotopic (exact) mass is 301 g/mol. The zero-order valence-electron chi connectivity index (χ0n) is 10.3. The number of hydrogen-bond acceptors (Lipinski definition) is 3. The smallest absolute Gasteiger partial charge is 0.321 e. The molecule has 19 heavy (non-hydrogen) atoms. The highest BCUT2D eigenvalue weighted by Crippen LogP contribution is 2.48. The van der Waals surface area contributed by atoms with E-state index in [-0.39, 0.29) is 12.5 Å². The number of hydrogen-bond donors (Lipinski definition) is 1. The second kappa shape index (κ2) is 5.39. The van der Waals surface area contributed by atoms with Gasteiger partial charge in [-0.3, -0.25) is 9.59 Å². The van der Waals surface area contributed by atoms with Crippen LogP contribution in [0.1, 0.15) is 19.8 Å². The topological polar surface area (TPSA) is 55.4 Å². The lowest BCUT2D eigenvalue weighted by Gasteiger charge is -2.14. The van der Waals surface area contributed by atoms with Crippen LogP contribution in [0.15, 0.2) is 18.2 Å². The Bertz CT molecular complexity index is 527. The lowest BCUT2D eigenvalue weighted by Crippen LogP contribution is -2.33. The summed E-state index contributed by atoms with van der Waals surface area (Å²) >= 11 is 11.7. The number of amides is 1. The summed E-state index contributed by atoms with van der Waals surface area (Å²) in [5.74, 6) is -0.854. The molecule has 6 heteroatoms. The summed E-state index contributed by atoms with van der Waals surface area (Å²) in [6.07, 6.45) is 1.01. The maximum atomic E-state index is 12.1. The van der Waals surface area contributed by atoms with Crippen molar-refractivity contribution in [2.75, 3.05) is 11.9 Å². The van der Waals surface area contributed by atoms with Gasteiger partial charge in [0.2, 0.25) is 5.91 Å². The molecule has 0 aliphatic heterocycles. The third-order valence-corrected chi connectivity index (χ3v) is 3.58. The quantitative estimate of drug-likeness (QED) is 0.686. The molecule has 1 aliphatic rings. The van der Waals surface area contributed by atoms with E-state index in [0.29, 0.717) is 28.6 Å². The minimum absolute atomic E-state index is 0.259. The summed E-state index contributed by atoms with van der Waals surface area (Å²) in [6, 6.07) is 4.75. The standard InChI is InChI=1S/C13H13Cl2NO3/c1-2-19-12(18)13(5-6-13)11(17)16-10-4-3-8(14)7-9(10)15/h3-4,7H,2,5-6H2,1H3,(H,16,17). The van der Waals surface area contributed by atoms with Crippen molar-refractivity contribution < 1.29 is 14.3 Å². The maximum Gasteiger partial charge on any atom is 0.321 e. The normalized spacial score (nSPS) is 15.7. The Morgan fingerprint density at radius 2 is 2.05 bits per heavy atom. The van der Waals surface area contributed by atoms with E-state index in [9.17, 15) is 9.59 Å². The first-order valence-corrected chi connectivity index (χ1v) is 6.69. The largest absolute Gasteiger partial charge is 0.465 e. The van der Waals surface area contributed by atoms with Crippen LogP contribution in [0.25, 0.3) is 0 Å². The van der Waals surface area contributed by atoms with Gasteiger partial charge < -0.3 is 10.1 Å². The molecule has 102 valence electrons. The summed E-state index contributed by atoms with van der Waals surface area (Å²) < 4.78 is 4.92. The minimum Gasteiger partial charge on any atom is -0.465 e. The molecule has 2 rings (SSSR count). The summed E-state index contributed by atoms with van der Waals surface area (Å²) in [7, 11) is 0. The van der Waals surface area contributed by atoms with Crippen molar-refractivity contribution in [3.63, 3.8) is 0 Å². The van der Waals surface area contributed by atoms with Gasteiger partial charge in [0.25, 0.3) is 0 Å². The Hall–Kier alpha value is -1.26. The summed E-state index contributed by atoms with van der Waals surface area (Å²) in [4.78, 5) is 23.9. The van der Waals surface area contributed by atoms with Crippen LogP contribution in [0.3, 0.4) is 0 Å². The predicted molar refractivity (Wildman–Crippen MR) is 73.4 cm³/mol. The van der Waals surface area contributed by atoms with Gasteiger partial charge in [-0.25, -0.2) is 0 Å². The average Bonchev–Trinajstić information content (AvgIpc) is 3.14. The Labute approximate surface area is 121 Å². The van der Waals surface area contributed by atoms with Crippen LogP contribution in [-0.4, -0.2) is 18.5 Å². The van der Waals surface area contributed by atoms with Gasteiger partial charge in [-0.1, -0.05) is 23.2 Å². The van der Waals surface area contributed by atoms with E-state index in [2.05, 4.69) is 5.32 Å². The Morgan fingerprint density at radius 3 is 2.58 bits per heavy atom. The Morgan fingerprint density at radius 1 is 1.37 bits per heavy atom. The van der Waals surface area contributed by atoms with Crippen molar-refractivity contribution in [1.29, 1.82) is 0 Å². The van der Waals surface area contributed by atoms with Crippen LogP contribution >= 0.6 is 23.2 Å². The van der Waals surface area contributed by atoms with Crippen molar-refractivity contribution in [2.45, 2.75) is 19.8 Å². The number of carbonyl (C=O) groups is 2. The molecule has 0 radical (unpaired) electrons. The highest BCUT2D eigenvalue weighted by atomic mass is 35.5. The van der Waals surface area contributed by atoms with Crippen molar-refractivity contribution in [1.82, 2.24) is 0 Å². The molecule has 0 aromatic heterocycles. The number of nitrogens with one attached hydrogen (secondary N) is 1. The number of anilines is 1. The van der Waals surface area contributed by atoms with E-state index in [0.717, 1.165) is 0 Å². The zero-order valence-corrected chi connectivity index (χ0v) is 11.8. The molecule has 1 saturated carbocycles. The maximum absolute atomic E-state index is 12.1. The summed E-state index contributed by atoms with van der Waals surface area (Å²) in [5, 5.41) is 3.46. The van der Waals surface area contributed by atoms with Crippen LogP contribution in [0.4, 0.5) is 5.69 Å². The minimum atomic E-state index is -1.04. The lowest BCUT2D eigenvalue weighted by molar-refractivity contribution is -0.152. The molecule has 0 atom stereocenters. The van der Waals surface area contributed by atoms with Gasteiger partial charge in [0.1, 0.15) is 5.41 Å². The Balaban J connectivity index is 2.11. The van der Waals surface area contributed by atoms with Crippen LogP contribution < -0.4 is 5.32 Å². The first kappa shape index (κ1) is 14.2. The zero-order chi connectivity index (χ0) is 14.0. The molecule has 1 aromatic rings. The molecule has 0 saturated heterocycles. The fourth-order valence-corrected chi connectivity index (χ4v) is 2.21. The van der Waals surface area contributed by atoms with E-state index in [1.807, 2.05) is 0 Å².